The van der Waals surface area contributed by atoms with Crippen LogP contribution in [0.3, 0.4) is 0 Å². The summed E-state index contributed by atoms with van der Waals surface area (Å²) in [6, 6.07) is 26.5. The van der Waals surface area contributed by atoms with Gasteiger partial charge in [0, 0.05) is 16.9 Å². The molecule has 3 atom stereocenters. The predicted molar refractivity (Wildman–Crippen MR) is 144 cm³/mol. The number of rotatable bonds is 7. The molecular weight excluding hydrogens is 475 g/mol. The molecule has 0 radical (unpaired) electrons. The Morgan fingerprint density at radius 1 is 1.00 bits per heavy atom. The van der Waals surface area contributed by atoms with E-state index in [2.05, 4.69) is 13.0 Å². The van der Waals surface area contributed by atoms with E-state index in [0.717, 1.165) is 47.9 Å². The van der Waals surface area contributed by atoms with Crippen molar-refractivity contribution in [2.45, 2.75) is 50.5 Å². The smallest absolute Gasteiger partial charge is 0.335 e. The molecule has 4 aromatic carbocycles. The first-order valence-corrected chi connectivity index (χ1v) is 12.3. The molecule has 0 saturated carbocycles. The Labute approximate surface area is 217 Å². The van der Waals surface area contributed by atoms with Crippen LogP contribution in [0.5, 0.6) is 5.75 Å². The Balaban J connectivity index is 0.00000304. The fraction of sp³-hybridized carbons (Fsp3) is 0.258. The minimum Gasteiger partial charge on any atom is -0.490 e. The number of hydrogen-bond donors (Lipinski definition) is 1. The number of aromatic carboxylic acids is 1. The quantitative estimate of drug-likeness (QED) is 0.275. The second-order valence-corrected chi connectivity index (χ2v) is 9.51. The average Bonchev–Trinajstić information content (AvgIpc) is 2.88. The molecule has 1 N–H and O–H groups in total. The van der Waals surface area contributed by atoms with E-state index < -0.39 is 5.97 Å². The van der Waals surface area contributed by atoms with Crippen molar-refractivity contribution in [1.29, 1.82) is 0 Å². The number of carboxylic acid groups (broad SMARTS) is 1. The lowest BCUT2D eigenvalue weighted by atomic mass is 9.82. The molecule has 1 heterocycles. The van der Waals surface area contributed by atoms with Crippen molar-refractivity contribution in [1.82, 2.24) is 0 Å². The number of halogens is 2. The topological polar surface area (TPSA) is 46.5 Å². The molecule has 5 rings (SSSR count). The molecular formula is C31H30ClFO3. The molecule has 1 aliphatic rings. The van der Waals surface area contributed by atoms with Crippen molar-refractivity contribution >= 4 is 29.1 Å². The largest absolute Gasteiger partial charge is 0.490 e. The molecule has 5 heteroatoms. The summed E-state index contributed by atoms with van der Waals surface area (Å²) in [4.78, 5) is 11.5. The minimum atomic E-state index is -0.911. The maximum Gasteiger partial charge on any atom is 0.335 e. The van der Waals surface area contributed by atoms with Crippen molar-refractivity contribution < 1.29 is 19.0 Å². The van der Waals surface area contributed by atoms with Crippen LogP contribution in [-0.2, 0) is 0 Å². The van der Waals surface area contributed by atoms with Gasteiger partial charge in [-0.3, -0.25) is 0 Å². The highest BCUT2D eigenvalue weighted by atomic mass is 35.5. The fourth-order valence-corrected chi connectivity index (χ4v) is 5.40. The highest BCUT2D eigenvalue weighted by molar-refractivity contribution is 5.88. The first-order valence-electron chi connectivity index (χ1n) is 12.3. The van der Waals surface area contributed by atoms with Crippen LogP contribution in [0.25, 0.3) is 10.8 Å². The molecule has 1 aliphatic heterocycles. The van der Waals surface area contributed by atoms with Crippen LogP contribution >= 0.6 is 12.4 Å². The molecule has 0 bridgehead atoms. The van der Waals surface area contributed by atoms with Gasteiger partial charge in [-0.15, -0.1) is 12.4 Å². The van der Waals surface area contributed by atoms with E-state index in [9.17, 15) is 14.3 Å². The molecule has 0 amide bonds. The average molecular weight is 505 g/mol. The lowest BCUT2D eigenvalue weighted by molar-refractivity contribution is 0.0696. The molecule has 0 fully saturated rings. The number of para-hydroxylation sites is 1. The number of carboxylic acids is 1. The van der Waals surface area contributed by atoms with Crippen LogP contribution < -0.4 is 4.74 Å². The van der Waals surface area contributed by atoms with Crippen molar-refractivity contribution in [3.05, 3.63) is 113 Å². The highest BCUT2D eigenvalue weighted by Gasteiger charge is 2.29. The van der Waals surface area contributed by atoms with Gasteiger partial charge >= 0.3 is 5.97 Å². The highest BCUT2D eigenvalue weighted by Crippen LogP contribution is 2.42. The predicted octanol–water partition coefficient (Wildman–Crippen LogP) is 8.36. The SMILES string of the molecule is C[C@@H](CCCC1CC(c2cccc(C(=O)O)c2)c2ccccc2O1)c1ccc(F)c2ccccc12.Cl. The number of hydrogen-bond acceptors (Lipinski definition) is 2. The van der Waals surface area contributed by atoms with Gasteiger partial charge < -0.3 is 9.84 Å². The summed E-state index contributed by atoms with van der Waals surface area (Å²) < 4.78 is 20.6. The summed E-state index contributed by atoms with van der Waals surface area (Å²) in [5.41, 5.74) is 3.61. The summed E-state index contributed by atoms with van der Waals surface area (Å²) in [5.74, 6) is 0.198. The van der Waals surface area contributed by atoms with Gasteiger partial charge in [0.05, 0.1) is 11.7 Å². The van der Waals surface area contributed by atoms with E-state index in [1.54, 1.807) is 18.2 Å². The van der Waals surface area contributed by atoms with E-state index >= 15 is 0 Å². The molecule has 2 unspecified atom stereocenters. The number of benzene rings is 4. The van der Waals surface area contributed by atoms with Gasteiger partial charge in [-0.1, -0.05) is 67.6 Å². The van der Waals surface area contributed by atoms with Crippen molar-refractivity contribution in [2.24, 2.45) is 0 Å². The van der Waals surface area contributed by atoms with Gasteiger partial charge in [0.2, 0.25) is 0 Å². The van der Waals surface area contributed by atoms with Crippen molar-refractivity contribution in [3.63, 3.8) is 0 Å². The van der Waals surface area contributed by atoms with Crippen LogP contribution in [-0.4, -0.2) is 17.2 Å². The zero-order valence-corrected chi connectivity index (χ0v) is 21.0. The Bertz CT molecular complexity index is 1370. The molecule has 186 valence electrons. The monoisotopic (exact) mass is 504 g/mol. The maximum absolute atomic E-state index is 14.2. The van der Waals surface area contributed by atoms with Gasteiger partial charge in [0.1, 0.15) is 11.6 Å². The first kappa shape index (κ1) is 25.7. The lowest BCUT2D eigenvalue weighted by Gasteiger charge is -2.33. The number of ether oxygens (including phenoxy) is 1. The number of carbonyl (C=O) groups is 1. The molecule has 0 spiro atoms. The summed E-state index contributed by atoms with van der Waals surface area (Å²) >= 11 is 0. The molecule has 0 saturated heterocycles. The molecule has 0 aromatic heterocycles. The third-order valence-electron chi connectivity index (χ3n) is 7.22. The van der Waals surface area contributed by atoms with Gasteiger partial charge in [0.25, 0.3) is 0 Å². The number of fused-ring (bicyclic) bond motifs is 2. The lowest BCUT2D eigenvalue weighted by Crippen LogP contribution is -2.26. The molecule has 0 aliphatic carbocycles. The van der Waals surface area contributed by atoms with Crippen LogP contribution in [0.15, 0.2) is 84.9 Å². The zero-order chi connectivity index (χ0) is 24.4. The summed E-state index contributed by atoms with van der Waals surface area (Å²) in [6.07, 6.45) is 3.75. The maximum atomic E-state index is 14.2. The standard InChI is InChI=1S/C31H29FO3.ClH/c1-20(24-16-17-29(32)26-13-3-2-12-25(24)26)8-6-11-23-19-28(27-14-4-5-15-30(27)35-23)21-9-7-10-22(18-21)31(33)34;/h2-5,7,9-10,12-18,20,23,28H,6,8,11,19H2,1H3,(H,33,34);1H/t20-,23?,28?;/m0./s1. The molecule has 4 aromatic rings. The minimum absolute atomic E-state index is 0. The second-order valence-electron chi connectivity index (χ2n) is 9.51. The third kappa shape index (κ3) is 5.24. The van der Waals surface area contributed by atoms with E-state index in [1.165, 1.54) is 5.56 Å². The van der Waals surface area contributed by atoms with Gasteiger partial charge in [-0.2, -0.15) is 0 Å². The Hall–Kier alpha value is -3.37. The van der Waals surface area contributed by atoms with Gasteiger partial charge in [0.15, 0.2) is 0 Å². The van der Waals surface area contributed by atoms with E-state index in [1.807, 2.05) is 60.7 Å². The van der Waals surface area contributed by atoms with Crippen LogP contribution in [0.1, 0.15) is 71.5 Å². The zero-order valence-electron chi connectivity index (χ0n) is 20.2. The van der Waals surface area contributed by atoms with Crippen LogP contribution in [0, 0.1) is 5.82 Å². The van der Waals surface area contributed by atoms with Crippen LogP contribution in [0.2, 0.25) is 0 Å². The van der Waals surface area contributed by atoms with Crippen molar-refractivity contribution in [3.8, 4) is 5.75 Å². The third-order valence-corrected chi connectivity index (χ3v) is 7.22. The summed E-state index contributed by atoms with van der Waals surface area (Å²) in [5, 5.41) is 11.1. The Morgan fingerprint density at radius 2 is 1.75 bits per heavy atom. The summed E-state index contributed by atoms with van der Waals surface area (Å²) in [7, 11) is 0. The first-order chi connectivity index (χ1) is 17.0. The Kier molecular flexibility index (Phi) is 7.95. The second kappa shape index (κ2) is 11.1. The normalized spacial score (nSPS) is 17.5. The van der Waals surface area contributed by atoms with E-state index in [0.29, 0.717) is 16.9 Å². The van der Waals surface area contributed by atoms with E-state index in [-0.39, 0.29) is 30.2 Å². The van der Waals surface area contributed by atoms with E-state index in [4.69, 9.17) is 4.74 Å². The molecule has 36 heavy (non-hydrogen) atoms. The van der Waals surface area contributed by atoms with Crippen LogP contribution in [0.4, 0.5) is 4.39 Å². The fourth-order valence-electron chi connectivity index (χ4n) is 5.40. The van der Waals surface area contributed by atoms with Gasteiger partial charge in [-0.05, 0) is 72.4 Å². The van der Waals surface area contributed by atoms with Gasteiger partial charge in [-0.25, -0.2) is 9.18 Å². The van der Waals surface area contributed by atoms with Crippen molar-refractivity contribution in [2.75, 3.05) is 0 Å². The summed E-state index contributed by atoms with van der Waals surface area (Å²) in [6.45, 7) is 2.21. The molecule has 3 nitrogen and oxygen atoms in total. The Morgan fingerprint density at radius 3 is 2.56 bits per heavy atom.